The Morgan fingerprint density at radius 1 is 1.40 bits per heavy atom. The Bertz CT molecular complexity index is 772. The number of carbonyl (C=O) groups is 3. The number of hydrogen-bond acceptors (Lipinski definition) is 6. The van der Waals surface area contributed by atoms with Gasteiger partial charge in [-0.3, -0.25) is 24.3 Å². The number of carboxylic acid groups (broad SMARTS) is 2. The average Bonchev–Trinajstić information content (AvgIpc) is 3.02. The second-order valence-corrected chi connectivity index (χ2v) is 7.96. The first-order valence-electron chi connectivity index (χ1n) is 7.34. The minimum atomic E-state index is -4.27. The first-order valence-corrected chi connectivity index (χ1v) is 9.16. The van der Waals surface area contributed by atoms with E-state index in [1.54, 1.807) is 0 Å². The van der Waals surface area contributed by atoms with Crippen molar-refractivity contribution in [3.8, 4) is 0 Å². The molecule has 1 radical (unpaired) electrons. The van der Waals surface area contributed by atoms with Crippen molar-refractivity contribution in [2.75, 3.05) is 6.26 Å². The fraction of sp³-hybridized carbons (Fsp3) is 0.533. The van der Waals surface area contributed by atoms with E-state index in [4.69, 9.17) is 9.92 Å². The normalized spacial score (nSPS) is 32.9. The lowest BCUT2D eigenvalue weighted by Gasteiger charge is -2.45. The van der Waals surface area contributed by atoms with Gasteiger partial charge in [0.1, 0.15) is 0 Å². The molecule has 1 fully saturated rings. The summed E-state index contributed by atoms with van der Waals surface area (Å²) in [5.74, 6) is -7.98. The van der Waals surface area contributed by atoms with E-state index in [0.717, 1.165) is 6.08 Å². The minimum Gasteiger partial charge on any atom is -0.481 e. The number of aliphatic carboxylic acids is 2. The van der Waals surface area contributed by atoms with E-state index in [0.29, 0.717) is 6.26 Å². The molecule has 2 rings (SSSR count). The molecule has 1 saturated carbocycles. The van der Waals surface area contributed by atoms with Crippen LogP contribution in [0.1, 0.15) is 12.8 Å². The predicted octanol–water partition coefficient (Wildman–Crippen LogP) is 0.0647. The Morgan fingerprint density at radius 2 is 2.00 bits per heavy atom. The monoisotopic (exact) mass is 372 g/mol. The van der Waals surface area contributed by atoms with Gasteiger partial charge in [0.2, 0.25) is 0 Å². The molecule has 10 heteroatoms. The maximum atomic E-state index is 12.2. The van der Waals surface area contributed by atoms with Crippen LogP contribution in [-0.4, -0.2) is 48.3 Å². The number of fused-ring (bicyclic) bond motifs is 2. The molecular weight excluding hydrogens is 354 g/mol. The summed E-state index contributed by atoms with van der Waals surface area (Å²) in [5, 5.41) is 19.1. The van der Waals surface area contributed by atoms with Crippen LogP contribution in [0, 0.1) is 23.2 Å². The summed E-state index contributed by atoms with van der Waals surface area (Å²) >= 11 is 0. The molecular formula is C15H18NO8S. The van der Waals surface area contributed by atoms with Gasteiger partial charge in [0.05, 0.1) is 18.1 Å². The molecule has 0 aromatic heterocycles. The minimum absolute atomic E-state index is 0.116. The lowest BCUT2D eigenvalue weighted by Crippen LogP contribution is -2.60. The molecule has 0 aromatic carbocycles. The van der Waals surface area contributed by atoms with Crippen LogP contribution in [0.3, 0.4) is 0 Å². The number of carbonyl (C=O) groups excluding carboxylic acids is 1. The quantitative estimate of drug-likeness (QED) is 0.447. The zero-order valence-electron chi connectivity index (χ0n) is 13.3. The van der Waals surface area contributed by atoms with Crippen molar-refractivity contribution in [3.63, 3.8) is 0 Å². The van der Waals surface area contributed by atoms with Crippen molar-refractivity contribution in [2.45, 2.75) is 18.4 Å². The molecule has 0 saturated heterocycles. The third-order valence-electron chi connectivity index (χ3n) is 4.98. The van der Waals surface area contributed by atoms with Gasteiger partial charge in [-0.05, 0) is 12.3 Å². The van der Waals surface area contributed by atoms with E-state index in [9.17, 15) is 33.0 Å². The molecule has 2 bridgehead atoms. The van der Waals surface area contributed by atoms with E-state index in [1.807, 2.05) is 0 Å². The van der Waals surface area contributed by atoms with E-state index >= 15 is 0 Å². The molecule has 0 aliphatic heterocycles. The van der Waals surface area contributed by atoms with Crippen LogP contribution in [-0.2, 0) is 28.7 Å². The third-order valence-corrected chi connectivity index (χ3v) is 5.57. The maximum absolute atomic E-state index is 12.2. The molecule has 2 aliphatic rings. The van der Waals surface area contributed by atoms with Crippen molar-refractivity contribution in [1.82, 2.24) is 5.73 Å². The van der Waals surface area contributed by atoms with Crippen LogP contribution in [0.4, 0.5) is 0 Å². The summed E-state index contributed by atoms with van der Waals surface area (Å²) in [5.41, 5.74) is 3.47. The average molecular weight is 372 g/mol. The lowest BCUT2D eigenvalue weighted by atomic mass is 9.62. The Morgan fingerprint density at radius 3 is 2.40 bits per heavy atom. The number of amides is 1. The van der Waals surface area contributed by atoms with Gasteiger partial charge >= 0.3 is 11.9 Å². The molecule has 0 heterocycles. The second kappa shape index (κ2) is 5.95. The van der Waals surface area contributed by atoms with Crippen LogP contribution in [0.5, 0.6) is 0 Å². The highest BCUT2D eigenvalue weighted by atomic mass is 32.2. The molecule has 5 unspecified atom stereocenters. The Labute approximate surface area is 144 Å². The van der Waals surface area contributed by atoms with E-state index < -0.39 is 63.2 Å². The molecule has 2 aliphatic carbocycles. The number of carboxylic acids is 2. The summed E-state index contributed by atoms with van der Waals surface area (Å²) < 4.78 is 28.5. The highest BCUT2D eigenvalue weighted by Crippen LogP contribution is 2.63. The zero-order valence-corrected chi connectivity index (χ0v) is 14.2. The lowest BCUT2D eigenvalue weighted by molar-refractivity contribution is -0.165. The summed E-state index contributed by atoms with van der Waals surface area (Å²) in [6.45, 7) is 3.43. The molecule has 137 valence electrons. The van der Waals surface area contributed by atoms with Gasteiger partial charge < -0.3 is 10.2 Å². The van der Waals surface area contributed by atoms with Gasteiger partial charge in [-0.25, -0.2) is 0 Å². The van der Waals surface area contributed by atoms with E-state index in [-0.39, 0.29) is 6.42 Å². The van der Waals surface area contributed by atoms with Crippen molar-refractivity contribution < 1.29 is 37.2 Å². The fourth-order valence-corrected chi connectivity index (χ4v) is 5.04. The highest BCUT2D eigenvalue weighted by molar-refractivity contribution is 7.86. The van der Waals surface area contributed by atoms with Crippen molar-refractivity contribution in [1.29, 1.82) is 0 Å². The Balaban J connectivity index is 2.76. The fourth-order valence-electron chi connectivity index (χ4n) is 4.22. The SMILES string of the molecule is C=CCC(OS(C)(=O)=O)(C([NH])=O)C12C=CC(C1)C(C(=O)O)C2C(=O)O. The van der Waals surface area contributed by atoms with Crippen LogP contribution < -0.4 is 5.73 Å². The largest absolute Gasteiger partial charge is 0.481 e. The number of rotatable bonds is 8. The van der Waals surface area contributed by atoms with Crippen molar-refractivity contribution in [3.05, 3.63) is 24.8 Å². The molecule has 0 spiro atoms. The summed E-state index contributed by atoms with van der Waals surface area (Å²) in [4.78, 5) is 35.6. The van der Waals surface area contributed by atoms with Crippen molar-refractivity contribution in [2.24, 2.45) is 23.2 Å². The van der Waals surface area contributed by atoms with Gasteiger partial charge in [0.15, 0.2) is 5.60 Å². The summed E-state index contributed by atoms with van der Waals surface area (Å²) in [7, 11) is -4.27. The smallest absolute Gasteiger partial charge is 0.308 e. The van der Waals surface area contributed by atoms with Crippen LogP contribution in [0.15, 0.2) is 24.8 Å². The Hall–Kier alpha value is -2.20. The van der Waals surface area contributed by atoms with Gasteiger partial charge in [0, 0.05) is 11.8 Å². The molecule has 25 heavy (non-hydrogen) atoms. The Kier molecular flexibility index (Phi) is 4.56. The van der Waals surface area contributed by atoms with Crippen LogP contribution in [0.25, 0.3) is 0 Å². The molecule has 0 aromatic rings. The number of allylic oxidation sites excluding steroid dienone is 1. The topological polar surface area (TPSA) is 159 Å². The predicted molar refractivity (Wildman–Crippen MR) is 83.5 cm³/mol. The first kappa shape index (κ1) is 19.1. The van der Waals surface area contributed by atoms with Crippen LogP contribution in [0.2, 0.25) is 0 Å². The summed E-state index contributed by atoms with van der Waals surface area (Å²) in [6, 6.07) is 0. The third kappa shape index (κ3) is 2.74. The first-order chi connectivity index (χ1) is 11.4. The summed E-state index contributed by atoms with van der Waals surface area (Å²) in [6.07, 6.45) is 4.03. The molecule has 5 atom stereocenters. The second-order valence-electron chi connectivity index (χ2n) is 6.38. The van der Waals surface area contributed by atoms with Gasteiger partial charge in [-0.2, -0.15) is 8.42 Å². The molecule has 1 amide bonds. The number of hydrogen-bond donors (Lipinski definition) is 2. The molecule has 9 nitrogen and oxygen atoms in total. The van der Waals surface area contributed by atoms with Crippen molar-refractivity contribution >= 4 is 28.0 Å². The van der Waals surface area contributed by atoms with Crippen LogP contribution >= 0.6 is 0 Å². The number of nitrogens with one attached hydrogen (secondary N) is 1. The zero-order chi connectivity index (χ0) is 19.2. The van der Waals surface area contributed by atoms with Gasteiger partial charge in [0.25, 0.3) is 16.0 Å². The van der Waals surface area contributed by atoms with Gasteiger partial charge in [-0.15, -0.1) is 6.58 Å². The van der Waals surface area contributed by atoms with E-state index in [1.165, 1.54) is 12.2 Å². The highest BCUT2D eigenvalue weighted by Gasteiger charge is 2.71. The van der Waals surface area contributed by atoms with Gasteiger partial charge in [-0.1, -0.05) is 18.2 Å². The van der Waals surface area contributed by atoms with E-state index in [2.05, 4.69) is 6.58 Å². The molecule has 3 N–H and O–H groups in total. The maximum Gasteiger partial charge on any atom is 0.308 e. The standard InChI is InChI=1S/C15H18NO8S/c1-3-5-15(13(16)21,24-25(2,22)23)14-6-4-8(7-14)9(11(17)18)10(14)12(19)20/h3-4,6,8-10,16H,1,5,7H2,2H3,(H,17,18)(H,19,20).